The highest BCUT2D eigenvalue weighted by atomic mass is 35.5. The van der Waals surface area contributed by atoms with Crippen LogP contribution < -0.4 is 10.1 Å². The van der Waals surface area contributed by atoms with E-state index in [1.54, 1.807) is 25.1 Å². The molecule has 1 N–H and O–H groups in total. The smallest absolute Gasteiger partial charge is 0.333 e. The van der Waals surface area contributed by atoms with E-state index in [9.17, 15) is 4.79 Å². The summed E-state index contributed by atoms with van der Waals surface area (Å²) in [6.45, 7) is 2.37. The van der Waals surface area contributed by atoms with Crippen LogP contribution in [0, 0.1) is 0 Å². The number of halogens is 2. The highest BCUT2D eigenvalue weighted by molar-refractivity contribution is 6.35. The molecule has 0 spiro atoms. The van der Waals surface area contributed by atoms with Crippen molar-refractivity contribution in [3.63, 3.8) is 0 Å². The molecule has 0 bridgehead atoms. The Hall–Kier alpha value is -2.69. The van der Waals surface area contributed by atoms with E-state index in [0.29, 0.717) is 22.4 Å². The number of hydrogen-bond donors (Lipinski definition) is 1. The Kier molecular flexibility index (Phi) is 7.39. The van der Waals surface area contributed by atoms with Crippen molar-refractivity contribution in [2.75, 3.05) is 11.9 Å². The van der Waals surface area contributed by atoms with Gasteiger partial charge in [-0.25, -0.2) is 4.79 Å². The molecule has 6 heteroatoms. The highest BCUT2D eigenvalue weighted by Crippen LogP contribution is 2.27. The third-order valence-electron chi connectivity index (χ3n) is 4.27. The van der Waals surface area contributed by atoms with Crippen molar-refractivity contribution in [3.8, 4) is 5.75 Å². The van der Waals surface area contributed by atoms with Gasteiger partial charge in [0.05, 0.1) is 6.61 Å². The zero-order valence-corrected chi connectivity index (χ0v) is 17.4. The number of esters is 1. The van der Waals surface area contributed by atoms with Crippen LogP contribution in [-0.4, -0.2) is 12.6 Å². The molecule has 150 valence electrons. The molecule has 0 aliphatic heterocycles. The van der Waals surface area contributed by atoms with Crippen molar-refractivity contribution in [1.29, 1.82) is 0 Å². The number of carbonyl (C=O) groups excluding carboxylic acids is 1. The maximum atomic E-state index is 12.4. The monoisotopic (exact) mass is 429 g/mol. The summed E-state index contributed by atoms with van der Waals surface area (Å²) in [6, 6.07) is 21.5. The van der Waals surface area contributed by atoms with Gasteiger partial charge in [-0.2, -0.15) is 0 Å². The van der Waals surface area contributed by atoms with Gasteiger partial charge in [0.15, 0.2) is 6.04 Å². The predicted molar refractivity (Wildman–Crippen MR) is 117 cm³/mol. The van der Waals surface area contributed by atoms with Crippen LogP contribution in [0.1, 0.15) is 24.1 Å². The molecule has 4 nitrogen and oxygen atoms in total. The SMILES string of the molecule is CCOC(=O)C(Nc1ccc(OCc2c(Cl)cccc2Cl)cc1)c1ccccc1. The van der Waals surface area contributed by atoms with Crippen LogP contribution in [0.3, 0.4) is 0 Å². The Labute approximate surface area is 180 Å². The first-order chi connectivity index (χ1) is 14.1. The normalized spacial score (nSPS) is 11.6. The summed E-state index contributed by atoms with van der Waals surface area (Å²) in [4.78, 5) is 12.4. The second-order valence-electron chi connectivity index (χ2n) is 6.25. The van der Waals surface area contributed by atoms with Gasteiger partial charge in [-0.3, -0.25) is 0 Å². The first kappa shape index (κ1) is 21.0. The average molecular weight is 430 g/mol. The fourth-order valence-corrected chi connectivity index (χ4v) is 3.30. The maximum Gasteiger partial charge on any atom is 0.333 e. The summed E-state index contributed by atoms with van der Waals surface area (Å²) < 4.78 is 11.0. The molecular formula is C23H21Cl2NO3. The summed E-state index contributed by atoms with van der Waals surface area (Å²) >= 11 is 12.3. The first-order valence-corrected chi connectivity index (χ1v) is 9.98. The number of hydrogen-bond acceptors (Lipinski definition) is 4. The van der Waals surface area contributed by atoms with Gasteiger partial charge in [-0.15, -0.1) is 0 Å². The van der Waals surface area contributed by atoms with Crippen molar-refractivity contribution in [1.82, 2.24) is 0 Å². The average Bonchev–Trinajstić information content (AvgIpc) is 2.73. The van der Waals surface area contributed by atoms with Gasteiger partial charge in [0.1, 0.15) is 12.4 Å². The lowest BCUT2D eigenvalue weighted by atomic mass is 10.1. The molecule has 0 radical (unpaired) electrons. The fraction of sp³-hybridized carbons (Fsp3) is 0.174. The number of ether oxygens (including phenoxy) is 2. The van der Waals surface area contributed by atoms with Crippen LogP contribution in [0.15, 0.2) is 72.8 Å². The second-order valence-corrected chi connectivity index (χ2v) is 7.07. The number of carbonyl (C=O) groups is 1. The molecule has 0 aromatic heterocycles. The molecule has 1 unspecified atom stereocenters. The van der Waals surface area contributed by atoms with Crippen LogP contribution in [0.4, 0.5) is 5.69 Å². The highest BCUT2D eigenvalue weighted by Gasteiger charge is 2.21. The third kappa shape index (κ3) is 5.66. The van der Waals surface area contributed by atoms with Crippen LogP contribution in [0.2, 0.25) is 10.0 Å². The van der Waals surface area contributed by atoms with Gasteiger partial charge in [0.2, 0.25) is 0 Å². The van der Waals surface area contributed by atoms with E-state index in [1.807, 2.05) is 54.6 Å². The molecule has 0 aliphatic carbocycles. The van der Waals surface area contributed by atoms with E-state index in [-0.39, 0.29) is 12.6 Å². The molecule has 1 atom stereocenters. The van der Waals surface area contributed by atoms with Crippen molar-refractivity contribution in [2.24, 2.45) is 0 Å². The van der Waals surface area contributed by atoms with E-state index in [0.717, 1.165) is 16.8 Å². The molecule has 3 aromatic carbocycles. The molecular weight excluding hydrogens is 409 g/mol. The van der Waals surface area contributed by atoms with Gasteiger partial charge in [-0.1, -0.05) is 59.6 Å². The number of nitrogens with one attached hydrogen (secondary N) is 1. The van der Waals surface area contributed by atoms with Gasteiger partial charge in [-0.05, 0) is 48.9 Å². The van der Waals surface area contributed by atoms with E-state index < -0.39 is 6.04 Å². The van der Waals surface area contributed by atoms with Crippen molar-refractivity contribution < 1.29 is 14.3 Å². The fourth-order valence-electron chi connectivity index (χ4n) is 2.79. The van der Waals surface area contributed by atoms with Gasteiger partial charge in [0.25, 0.3) is 0 Å². The zero-order valence-electron chi connectivity index (χ0n) is 15.9. The molecule has 29 heavy (non-hydrogen) atoms. The minimum absolute atomic E-state index is 0.265. The summed E-state index contributed by atoms with van der Waals surface area (Å²) in [5.74, 6) is 0.339. The Morgan fingerprint density at radius 1 is 0.931 bits per heavy atom. The number of anilines is 1. The lowest BCUT2D eigenvalue weighted by Crippen LogP contribution is -2.23. The number of rotatable bonds is 8. The molecule has 0 amide bonds. The van der Waals surface area contributed by atoms with Crippen molar-refractivity contribution in [2.45, 2.75) is 19.6 Å². The van der Waals surface area contributed by atoms with Gasteiger partial charge < -0.3 is 14.8 Å². The topological polar surface area (TPSA) is 47.6 Å². The zero-order chi connectivity index (χ0) is 20.6. The van der Waals surface area contributed by atoms with Crippen molar-refractivity contribution in [3.05, 3.63) is 94.0 Å². The molecule has 0 heterocycles. The molecule has 0 aliphatic rings. The first-order valence-electron chi connectivity index (χ1n) is 9.22. The summed E-state index contributed by atoms with van der Waals surface area (Å²) in [5, 5.41) is 4.36. The van der Waals surface area contributed by atoms with E-state index >= 15 is 0 Å². The van der Waals surface area contributed by atoms with E-state index in [4.69, 9.17) is 32.7 Å². The second kappa shape index (κ2) is 10.2. The Balaban J connectivity index is 1.69. The van der Waals surface area contributed by atoms with E-state index in [1.165, 1.54) is 0 Å². The Bertz CT molecular complexity index is 926. The predicted octanol–water partition coefficient (Wildman–Crippen LogP) is 6.29. The minimum Gasteiger partial charge on any atom is -0.489 e. The Morgan fingerprint density at radius 2 is 1.59 bits per heavy atom. The van der Waals surface area contributed by atoms with E-state index in [2.05, 4.69) is 5.32 Å². The van der Waals surface area contributed by atoms with Crippen LogP contribution in [0.5, 0.6) is 5.75 Å². The molecule has 0 saturated carbocycles. The lowest BCUT2D eigenvalue weighted by Gasteiger charge is -2.19. The molecule has 0 saturated heterocycles. The molecule has 3 aromatic rings. The molecule has 0 fully saturated rings. The Morgan fingerprint density at radius 3 is 2.21 bits per heavy atom. The molecule has 3 rings (SSSR count). The standard InChI is InChI=1S/C23H21Cl2NO3/c1-2-28-23(27)22(16-7-4-3-5-8-16)26-17-11-13-18(14-12-17)29-15-19-20(24)9-6-10-21(19)25/h3-14,22,26H,2,15H2,1H3. The summed E-state index contributed by atoms with van der Waals surface area (Å²) in [7, 11) is 0. The quantitative estimate of drug-likeness (QED) is 0.427. The van der Waals surface area contributed by atoms with Crippen molar-refractivity contribution >= 4 is 34.9 Å². The number of benzene rings is 3. The summed E-state index contributed by atoms with van der Waals surface area (Å²) in [6.07, 6.45) is 0. The van der Waals surface area contributed by atoms with Crippen LogP contribution in [0.25, 0.3) is 0 Å². The largest absolute Gasteiger partial charge is 0.489 e. The lowest BCUT2D eigenvalue weighted by molar-refractivity contribution is -0.144. The maximum absolute atomic E-state index is 12.4. The van der Waals surface area contributed by atoms with Crippen LogP contribution in [-0.2, 0) is 16.1 Å². The van der Waals surface area contributed by atoms with Gasteiger partial charge >= 0.3 is 5.97 Å². The summed E-state index contributed by atoms with van der Waals surface area (Å²) in [5.41, 5.74) is 2.35. The van der Waals surface area contributed by atoms with Gasteiger partial charge in [0, 0.05) is 21.3 Å². The third-order valence-corrected chi connectivity index (χ3v) is 4.97. The minimum atomic E-state index is -0.593. The van der Waals surface area contributed by atoms with Crippen LogP contribution >= 0.6 is 23.2 Å².